The van der Waals surface area contributed by atoms with Crippen LogP contribution >= 0.6 is 0 Å². The number of carbonyl (C=O) groups is 1. The minimum absolute atomic E-state index is 0.205. The highest BCUT2D eigenvalue weighted by atomic mass is 16.5. The molecule has 20 heavy (non-hydrogen) atoms. The van der Waals surface area contributed by atoms with Crippen LogP contribution < -0.4 is 4.90 Å². The van der Waals surface area contributed by atoms with E-state index in [0.717, 1.165) is 12.2 Å². The van der Waals surface area contributed by atoms with E-state index in [1.807, 2.05) is 43.0 Å². The zero-order valence-corrected chi connectivity index (χ0v) is 11.8. The van der Waals surface area contributed by atoms with Crippen LogP contribution in [0.2, 0.25) is 0 Å². The van der Waals surface area contributed by atoms with Crippen molar-refractivity contribution in [3.05, 3.63) is 47.9 Å². The van der Waals surface area contributed by atoms with Crippen LogP contribution in [0.25, 0.3) is 0 Å². The van der Waals surface area contributed by atoms with Gasteiger partial charge in [-0.25, -0.2) is 14.8 Å². The maximum Gasteiger partial charge on any atom is 0.358 e. The molecule has 0 saturated carbocycles. The van der Waals surface area contributed by atoms with E-state index in [4.69, 9.17) is 0 Å². The summed E-state index contributed by atoms with van der Waals surface area (Å²) >= 11 is 0. The summed E-state index contributed by atoms with van der Waals surface area (Å²) in [5.41, 5.74) is 2.45. The van der Waals surface area contributed by atoms with E-state index in [1.165, 1.54) is 18.9 Å². The van der Waals surface area contributed by atoms with Crippen molar-refractivity contribution in [2.75, 3.05) is 18.6 Å². The summed E-state index contributed by atoms with van der Waals surface area (Å²) in [6.07, 6.45) is 3.01. The number of ether oxygens (including phenoxy) is 1. The molecular formula is C15H17N3O2. The van der Waals surface area contributed by atoms with Crippen LogP contribution in [0, 0.1) is 6.92 Å². The van der Waals surface area contributed by atoms with Crippen molar-refractivity contribution in [1.82, 2.24) is 9.97 Å². The summed E-state index contributed by atoms with van der Waals surface area (Å²) in [6.45, 7) is 4.84. The van der Waals surface area contributed by atoms with Gasteiger partial charge in [-0.05, 0) is 26.0 Å². The number of esters is 1. The van der Waals surface area contributed by atoms with Crippen LogP contribution in [0.5, 0.6) is 0 Å². The third kappa shape index (κ3) is 2.93. The average molecular weight is 271 g/mol. The van der Waals surface area contributed by atoms with Gasteiger partial charge in [0.1, 0.15) is 0 Å². The first-order valence-corrected chi connectivity index (χ1v) is 6.40. The highest BCUT2D eigenvalue weighted by molar-refractivity contribution is 5.86. The van der Waals surface area contributed by atoms with Crippen LogP contribution in [-0.2, 0) is 4.74 Å². The monoisotopic (exact) mass is 271 g/mol. The van der Waals surface area contributed by atoms with Gasteiger partial charge in [-0.1, -0.05) is 17.7 Å². The Bertz CT molecular complexity index is 579. The van der Waals surface area contributed by atoms with Crippen LogP contribution in [-0.4, -0.2) is 29.6 Å². The molecule has 0 aliphatic heterocycles. The number of rotatable bonds is 4. The van der Waals surface area contributed by atoms with Crippen molar-refractivity contribution in [1.29, 1.82) is 0 Å². The van der Waals surface area contributed by atoms with Crippen molar-refractivity contribution >= 4 is 17.5 Å². The SMILES string of the molecule is CCN(c1ccc(C)cc1)c1cnc(C(=O)OC)cn1. The molecule has 0 radical (unpaired) electrons. The molecule has 0 N–H and O–H groups in total. The van der Waals surface area contributed by atoms with Gasteiger partial charge >= 0.3 is 5.97 Å². The summed E-state index contributed by atoms with van der Waals surface area (Å²) in [4.78, 5) is 21.7. The van der Waals surface area contributed by atoms with Gasteiger partial charge in [0.05, 0.1) is 19.5 Å². The fourth-order valence-corrected chi connectivity index (χ4v) is 1.87. The zero-order chi connectivity index (χ0) is 14.5. The summed E-state index contributed by atoms with van der Waals surface area (Å²) in [7, 11) is 1.32. The first-order valence-electron chi connectivity index (χ1n) is 6.40. The number of anilines is 2. The fraction of sp³-hybridized carbons (Fsp3) is 0.267. The minimum Gasteiger partial charge on any atom is -0.464 e. The Morgan fingerprint density at radius 2 is 1.90 bits per heavy atom. The number of carbonyl (C=O) groups excluding carboxylic acids is 1. The topological polar surface area (TPSA) is 55.3 Å². The molecule has 1 aromatic carbocycles. The third-order valence-corrected chi connectivity index (χ3v) is 2.97. The maximum absolute atomic E-state index is 11.3. The highest BCUT2D eigenvalue weighted by Crippen LogP contribution is 2.22. The Kier molecular flexibility index (Phi) is 4.30. The molecular weight excluding hydrogens is 254 g/mol. The fourth-order valence-electron chi connectivity index (χ4n) is 1.87. The van der Waals surface area contributed by atoms with E-state index in [0.29, 0.717) is 5.82 Å². The Labute approximate surface area is 118 Å². The number of aromatic nitrogens is 2. The Morgan fingerprint density at radius 3 is 2.40 bits per heavy atom. The lowest BCUT2D eigenvalue weighted by Gasteiger charge is -2.21. The summed E-state index contributed by atoms with van der Waals surface area (Å²) in [6, 6.07) is 8.17. The summed E-state index contributed by atoms with van der Waals surface area (Å²) in [5, 5.41) is 0. The lowest BCUT2D eigenvalue weighted by atomic mass is 10.2. The van der Waals surface area contributed by atoms with Gasteiger partial charge in [-0.3, -0.25) is 0 Å². The van der Waals surface area contributed by atoms with Crippen molar-refractivity contribution in [2.24, 2.45) is 0 Å². The van der Waals surface area contributed by atoms with E-state index in [-0.39, 0.29) is 5.69 Å². The summed E-state index contributed by atoms with van der Waals surface area (Å²) in [5.74, 6) is 0.214. The van der Waals surface area contributed by atoms with Crippen molar-refractivity contribution in [3.8, 4) is 0 Å². The van der Waals surface area contributed by atoms with Gasteiger partial charge in [0.2, 0.25) is 0 Å². The predicted octanol–water partition coefficient (Wildman–Crippen LogP) is 2.73. The number of methoxy groups -OCH3 is 1. The van der Waals surface area contributed by atoms with Crippen LogP contribution in [0.3, 0.4) is 0 Å². The van der Waals surface area contributed by atoms with Crippen LogP contribution in [0.15, 0.2) is 36.7 Å². The van der Waals surface area contributed by atoms with E-state index < -0.39 is 5.97 Å². The molecule has 1 heterocycles. The molecule has 0 aliphatic carbocycles. The highest BCUT2D eigenvalue weighted by Gasteiger charge is 2.12. The Morgan fingerprint density at radius 1 is 1.20 bits per heavy atom. The van der Waals surface area contributed by atoms with Gasteiger partial charge in [-0.15, -0.1) is 0 Å². The molecule has 5 heteroatoms. The van der Waals surface area contributed by atoms with Gasteiger partial charge in [0, 0.05) is 12.2 Å². The molecule has 5 nitrogen and oxygen atoms in total. The smallest absolute Gasteiger partial charge is 0.358 e. The first kappa shape index (κ1) is 14.0. The van der Waals surface area contributed by atoms with Gasteiger partial charge in [0.25, 0.3) is 0 Å². The Balaban J connectivity index is 2.28. The quantitative estimate of drug-likeness (QED) is 0.800. The number of hydrogen-bond acceptors (Lipinski definition) is 5. The molecule has 104 valence electrons. The second-order valence-corrected chi connectivity index (χ2v) is 4.33. The molecule has 0 unspecified atom stereocenters. The molecule has 0 saturated heterocycles. The Hall–Kier alpha value is -2.43. The maximum atomic E-state index is 11.3. The standard InChI is InChI=1S/C15H17N3O2/c1-4-18(12-7-5-11(2)6-8-12)14-10-16-13(9-17-14)15(19)20-3/h5-10H,4H2,1-3H3. The summed E-state index contributed by atoms with van der Waals surface area (Å²) < 4.78 is 4.61. The largest absolute Gasteiger partial charge is 0.464 e. The minimum atomic E-state index is -0.484. The molecule has 0 aliphatic rings. The second kappa shape index (κ2) is 6.14. The molecule has 2 aromatic rings. The van der Waals surface area contributed by atoms with Crippen molar-refractivity contribution in [2.45, 2.75) is 13.8 Å². The second-order valence-electron chi connectivity index (χ2n) is 4.33. The number of benzene rings is 1. The van der Waals surface area contributed by atoms with E-state index >= 15 is 0 Å². The molecule has 0 bridgehead atoms. The number of nitrogens with zero attached hydrogens (tertiary/aromatic N) is 3. The normalized spacial score (nSPS) is 10.2. The average Bonchev–Trinajstić information content (AvgIpc) is 2.50. The predicted molar refractivity (Wildman–Crippen MR) is 77.2 cm³/mol. The van der Waals surface area contributed by atoms with Crippen LogP contribution in [0.1, 0.15) is 23.0 Å². The van der Waals surface area contributed by atoms with Crippen molar-refractivity contribution < 1.29 is 9.53 Å². The van der Waals surface area contributed by atoms with E-state index in [2.05, 4.69) is 14.7 Å². The molecule has 0 atom stereocenters. The van der Waals surface area contributed by atoms with Crippen molar-refractivity contribution in [3.63, 3.8) is 0 Å². The van der Waals surface area contributed by atoms with Crippen LogP contribution in [0.4, 0.5) is 11.5 Å². The van der Waals surface area contributed by atoms with Gasteiger partial charge in [0.15, 0.2) is 11.5 Å². The van der Waals surface area contributed by atoms with E-state index in [9.17, 15) is 4.79 Å². The first-order chi connectivity index (χ1) is 9.65. The lowest BCUT2D eigenvalue weighted by molar-refractivity contribution is 0.0593. The van der Waals surface area contributed by atoms with Gasteiger partial charge in [-0.2, -0.15) is 0 Å². The lowest BCUT2D eigenvalue weighted by Crippen LogP contribution is -2.18. The molecule has 0 spiro atoms. The van der Waals surface area contributed by atoms with E-state index in [1.54, 1.807) is 6.20 Å². The zero-order valence-electron chi connectivity index (χ0n) is 11.8. The third-order valence-electron chi connectivity index (χ3n) is 2.97. The molecule has 1 aromatic heterocycles. The molecule has 2 rings (SSSR count). The van der Waals surface area contributed by atoms with Gasteiger partial charge < -0.3 is 9.64 Å². The molecule has 0 amide bonds. The molecule has 0 fully saturated rings. The number of hydrogen-bond donors (Lipinski definition) is 0. The number of aryl methyl sites for hydroxylation is 1.